The van der Waals surface area contributed by atoms with Crippen molar-refractivity contribution in [3.63, 3.8) is 0 Å². The van der Waals surface area contributed by atoms with Crippen LogP contribution in [-0.4, -0.2) is 15.3 Å². The van der Waals surface area contributed by atoms with Gasteiger partial charge in [0.2, 0.25) is 0 Å². The molecule has 10 heteroatoms. The Morgan fingerprint density at radius 3 is 0.806 bits per heavy atom. The van der Waals surface area contributed by atoms with Gasteiger partial charge in [-0.2, -0.15) is 0 Å². The Morgan fingerprint density at radius 2 is 0.710 bits per heavy atom. The summed E-state index contributed by atoms with van der Waals surface area (Å²) >= 11 is -2.95. The fourth-order valence-electron chi connectivity index (χ4n) is 1.69. The number of phenolic OH excluding ortho intramolecular Hbond substituents is 3. The van der Waals surface area contributed by atoms with Crippen LogP contribution in [0, 0.1) is 20.8 Å². The summed E-state index contributed by atoms with van der Waals surface area (Å²) in [6, 6.07) is 21.8. The summed E-state index contributed by atoms with van der Waals surface area (Å²) in [7, 11) is 24.9. The normalized spacial score (nSPS) is 8.39. The number of aromatic hydroxyl groups is 3. The van der Waals surface area contributed by atoms with Gasteiger partial charge in [0.15, 0.2) is 0 Å². The van der Waals surface area contributed by atoms with E-state index in [1.54, 1.807) is 18.2 Å². The molecule has 0 amide bonds. The summed E-state index contributed by atoms with van der Waals surface area (Å²) in [5.41, 5.74) is 2.77. The number of phenols is 3. The van der Waals surface area contributed by atoms with E-state index in [4.69, 9.17) is 57.9 Å². The average molecular weight is 684 g/mol. The number of halogens is 5. The van der Waals surface area contributed by atoms with Gasteiger partial charge in [0.1, 0.15) is 17.2 Å². The zero-order chi connectivity index (χ0) is 24.2. The van der Waals surface area contributed by atoms with Crippen molar-refractivity contribution in [2.75, 3.05) is 0 Å². The van der Waals surface area contributed by atoms with E-state index in [2.05, 4.69) is 0 Å². The first kappa shape index (κ1) is 33.4. The van der Waals surface area contributed by atoms with E-state index < -0.39 is 39.0 Å². The molecule has 3 rings (SSSR count). The Labute approximate surface area is 221 Å². The Balaban J connectivity index is 0. The van der Waals surface area contributed by atoms with E-state index >= 15 is 0 Å². The van der Waals surface area contributed by atoms with Gasteiger partial charge < -0.3 is 15.3 Å². The number of hydrogen-bond acceptors (Lipinski definition) is 3. The Morgan fingerprint density at radius 1 is 0.548 bits per heavy atom. The van der Waals surface area contributed by atoms with Crippen LogP contribution >= 0.6 is 42.6 Å². The minimum absolute atomic E-state index is 0.368. The van der Waals surface area contributed by atoms with E-state index in [0.717, 1.165) is 16.7 Å². The molecule has 3 aromatic carbocycles. The third kappa shape index (κ3) is 21.9. The van der Waals surface area contributed by atoms with Crippen molar-refractivity contribution in [1.82, 2.24) is 0 Å². The van der Waals surface area contributed by atoms with Crippen LogP contribution in [0.15, 0.2) is 72.8 Å². The van der Waals surface area contributed by atoms with Crippen LogP contribution < -0.4 is 0 Å². The number of hydrogen-bond donors (Lipinski definition) is 3. The molecule has 0 heterocycles. The standard InChI is InChI=1S/3C7H8O.5ClH.2Zr/c3*1-6-4-2-3-5-7(6)8;;;;;;;/h3*2-5,8H,1H3;5*1H;;/q;;;;;;;;+2;+3/p-5. The fourth-order valence-corrected chi connectivity index (χ4v) is 1.69. The second-order valence-corrected chi connectivity index (χ2v) is 20.6. The van der Waals surface area contributed by atoms with Gasteiger partial charge >= 0.3 is 81.6 Å². The maximum atomic E-state index is 8.92. The third-order valence-electron chi connectivity index (χ3n) is 3.35. The van der Waals surface area contributed by atoms with Crippen molar-refractivity contribution in [2.45, 2.75) is 20.8 Å². The second kappa shape index (κ2) is 22.1. The predicted molar refractivity (Wildman–Crippen MR) is 128 cm³/mol. The van der Waals surface area contributed by atoms with Crippen molar-refractivity contribution in [1.29, 1.82) is 0 Å². The summed E-state index contributed by atoms with van der Waals surface area (Å²) in [6.45, 7) is 5.61. The van der Waals surface area contributed by atoms with Crippen molar-refractivity contribution in [3.8, 4) is 17.2 Å². The molecule has 3 N–H and O–H groups in total. The van der Waals surface area contributed by atoms with E-state index in [1.165, 1.54) is 0 Å². The van der Waals surface area contributed by atoms with Crippen LogP contribution in [0.1, 0.15) is 16.7 Å². The Bertz CT molecular complexity index is 670. The molecule has 3 nitrogen and oxygen atoms in total. The zero-order valence-corrected chi connectivity index (χ0v) is 25.9. The Kier molecular flexibility index (Phi) is 23.8. The fraction of sp³-hybridized carbons (Fsp3) is 0.143. The average Bonchev–Trinajstić information content (AvgIpc) is 2.70. The molecule has 0 spiro atoms. The zero-order valence-electron chi connectivity index (χ0n) is 17.2. The van der Waals surface area contributed by atoms with E-state index in [0.29, 0.717) is 17.2 Å². The van der Waals surface area contributed by atoms with Crippen LogP contribution in [0.4, 0.5) is 0 Å². The number of benzene rings is 3. The molecule has 0 aliphatic heterocycles. The second-order valence-electron chi connectivity index (χ2n) is 5.65. The molecule has 0 unspecified atom stereocenters. The first-order valence-electron chi connectivity index (χ1n) is 8.60. The summed E-state index contributed by atoms with van der Waals surface area (Å²) < 4.78 is 0. The quantitative estimate of drug-likeness (QED) is 0.223. The van der Waals surface area contributed by atoms with Gasteiger partial charge in [-0.1, -0.05) is 54.6 Å². The van der Waals surface area contributed by atoms with Crippen LogP contribution in [0.5, 0.6) is 17.2 Å². The molecule has 0 radical (unpaired) electrons. The van der Waals surface area contributed by atoms with Crippen molar-refractivity contribution in [2.24, 2.45) is 0 Å². The van der Waals surface area contributed by atoms with Crippen molar-refractivity contribution < 1.29 is 54.3 Å². The number of aryl methyl sites for hydroxylation is 3. The monoisotopic (exact) mass is 679 g/mol. The van der Waals surface area contributed by atoms with Gasteiger partial charge in [-0.15, -0.1) is 0 Å². The van der Waals surface area contributed by atoms with Crippen LogP contribution in [0.3, 0.4) is 0 Å². The summed E-state index contributed by atoms with van der Waals surface area (Å²) in [4.78, 5) is 0. The SMILES string of the molecule is Cc1ccccc1O.Cc1ccccc1O.Cc1ccccc1O.[Cl][Zr]([Cl])[Cl].[Cl][Zr][Cl]. The third-order valence-corrected chi connectivity index (χ3v) is 3.35. The van der Waals surface area contributed by atoms with Crippen LogP contribution in [0.2, 0.25) is 0 Å². The van der Waals surface area contributed by atoms with E-state index in [1.807, 2.05) is 75.4 Å². The molecule has 0 atom stereocenters. The van der Waals surface area contributed by atoms with Crippen LogP contribution in [-0.2, 0) is 39.0 Å². The Hall–Kier alpha value is 0.276. The van der Waals surface area contributed by atoms with E-state index in [-0.39, 0.29) is 0 Å². The molecule has 0 aromatic heterocycles. The molecule has 0 fully saturated rings. The molecule has 0 saturated carbocycles. The molecule has 31 heavy (non-hydrogen) atoms. The summed E-state index contributed by atoms with van der Waals surface area (Å²) in [5.74, 6) is 1.10. The van der Waals surface area contributed by atoms with Crippen LogP contribution in [0.25, 0.3) is 0 Å². The van der Waals surface area contributed by atoms with Crippen molar-refractivity contribution >= 4 is 42.6 Å². The van der Waals surface area contributed by atoms with Gasteiger partial charge in [-0.25, -0.2) is 0 Å². The number of para-hydroxylation sites is 3. The molecular weight excluding hydrogens is 660 g/mol. The first-order valence-corrected chi connectivity index (χ1v) is 24.4. The van der Waals surface area contributed by atoms with Gasteiger partial charge in [-0.3, -0.25) is 0 Å². The molecule has 0 aliphatic carbocycles. The van der Waals surface area contributed by atoms with Gasteiger partial charge in [0.05, 0.1) is 0 Å². The molecule has 0 aliphatic rings. The summed E-state index contributed by atoms with van der Waals surface area (Å²) in [5, 5.41) is 26.8. The maximum absolute atomic E-state index is 8.92. The summed E-state index contributed by atoms with van der Waals surface area (Å²) in [6.07, 6.45) is 0. The first-order chi connectivity index (χ1) is 14.6. The van der Waals surface area contributed by atoms with Crippen molar-refractivity contribution in [3.05, 3.63) is 89.5 Å². The van der Waals surface area contributed by atoms with Gasteiger partial charge in [-0.05, 0) is 55.7 Å². The van der Waals surface area contributed by atoms with Gasteiger partial charge in [0, 0.05) is 0 Å². The molecule has 3 aromatic rings. The topological polar surface area (TPSA) is 60.7 Å². The number of rotatable bonds is 0. The van der Waals surface area contributed by atoms with E-state index in [9.17, 15) is 0 Å². The predicted octanol–water partition coefficient (Wildman–Crippen LogP) is 8.54. The molecule has 169 valence electrons. The minimum atomic E-state index is -2.13. The molecule has 0 saturated heterocycles. The molecule has 0 bridgehead atoms. The van der Waals surface area contributed by atoms with Gasteiger partial charge in [0.25, 0.3) is 0 Å². The molecular formula is C21H24Cl5O3Zr2.